The predicted molar refractivity (Wildman–Crippen MR) is 110 cm³/mol. The highest BCUT2D eigenvalue weighted by Gasteiger charge is 2.34. The maximum absolute atomic E-state index is 13.4. The minimum absolute atomic E-state index is 0.0901. The van der Waals surface area contributed by atoms with Gasteiger partial charge in [-0.05, 0) is 30.7 Å². The quantitative estimate of drug-likeness (QED) is 0.590. The van der Waals surface area contributed by atoms with Crippen molar-refractivity contribution in [1.82, 2.24) is 14.9 Å². The average Bonchev–Trinajstić information content (AvgIpc) is 2.74. The number of ether oxygens (including phenoxy) is 1. The molecular weight excluding hydrogens is 411 g/mol. The number of hydrogen-bond acceptors (Lipinski definition) is 4. The Bertz CT molecular complexity index is 1110. The van der Waals surface area contributed by atoms with Crippen molar-refractivity contribution < 1.29 is 22.7 Å². The molecule has 2 heterocycles. The van der Waals surface area contributed by atoms with Gasteiger partial charge in [-0.3, -0.25) is 14.6 Å². The lowest BCUT2D eigenvalue weighted by atomic mass is 10.1. The SMILES string of the molecule is CCCn1c(=O)cc(C(F)(F)F)c2ccc(OCC(=O)NCCc3ccccn3)cc21. The molecule has 2 aromatic heterocycles. The molecule has 9 heteroatoms. The van der Waals surface area contributed by atoms with Crippen molar-refractivity contribution in [1.29, 1.82) is 0 Å². The molecule has 0 radical (unpaired) electrons. The van der Waals surface area contributed by atoms with Gasteiger partial charge in [0.2, 0.25) is 0 Å². The van der Waals surface area contributed by atoms with Gasteiger partial charge in [0.15, 0.2) is 6.61 Å². The van der Waals surface area contributed by atoms with E-state index in [1.165, 1.54) is 22.8 Å². The number of aromatic nitrogens is 2. The van der Waals surface area contributed by atoms with E-state index in [4.69, 9.17) is 4.74 Å². The van der Waals surface area contributed by atoms with Gasteiger partial charge < -0.3 is 14.6 Å². The van der Waals surface area contributed by atoms with Crippen molar-refractivity contribution in [3.8, 4) is 5.75 Å². The molecule has 0 atom stereocenters. The Kier molecular flexibility index (Phi) is 6.94. The van der Waals surface area contributed by atoms with E-state index in [0.717, 1.165) is 5.69 Å². The van der Waals surface area contributed by atoms with Gasteiger partial charge in [0.25, 0.3) is 11.5 Å². The number of carbonyl (C=O) groups is 1. The van der Waals surface area contributed by atoms with Gasteiger partial charge in [0, 0.05) is 48.9 Å². The van der Waals surface area contributed by atoms with Crippen molar-refractivity contribution >= 4 is 16.8 Å². The smallest absolute Gasteiger partial charge is 0.417 e. The fourth-order valence-electron chi connectivity index (χ4n) is 3.21. The van der Waals surface area contributed by atoms with Gasteiger partial charge in [0.1, 0.15) is 5.75 Å². The molecular formula is C22H22F3N3O3. The lowest BCUT2D eigenvalue weighted by molar-refractivity contribution is -0.136. The van der Waals surface area contributed by atoms with Crippen LogP contribution in [-0.4, -0.2) is 28.6 Å². The summed E-state index contributed by atoms with van der Waals surface area (Å²) in [5, 5.41) is 2.61. The number of aryl methyl sites for hydroxylation is 1. The lowest BCUT2D eigenvalue weighted by Gasteiger charge is -2.16. The second-order valence-corrected chi connectivity index (χ2v) is 6.93. The first-order valence-electron chi connectivity index (χ1n) is 9.84. The highest BCUT2D eigenvalue weighted by atomic mass is 19.4. The van der Waals surface area contributed by atoms with Crippen LogP contribution in [0, 0.1) is 0 Å². The molecule has 0 saturated carbocycles. The number of rotatable bonds is 8. The number of hydrogen-bond donors (Lipinski definition) is 1. The number of amides is 1. The van der Waals surface area contributed by atoms with Crippen LogP contribution in [-0.2, 0) is 23.9 Å². The van der Waals surface area contributed by atoms with Gasteiger partial charge >= 0.3 is 6.18 Å². The number of pyridine rings is 2. The molecule has 164 valence electrons. The fraction of sp³-hybridized carbons (Fsp3) is 0.318. The molecule has 0 bridgehead atoms. The van der Waals surface area contributed by atoms with Crippen LogP contribution in [0.4, 0.5) is 13.2 Å². The Morgan fingerprint density at radius 3 is 2.68 bits per heavy atom. The Balaban J connectivity index is 1.73. The molecule has 3 aromatic rings. The Hall–Kier alpha value is -3.36. The van der Waals surface area contributed by atoms with Gasteiger partial charge in [0.05, 0.1) is 11.1 Å². The van der Waals surface area contributed by atoms with Crippen molar-refractivity contribution in [2.45, 2.75) is 32.5 Å². The summed E-state index contributed by atoms with van der Waals surface area (Å²) in [7, 11) is 0. The third-order valence-corrected chi connectivity index (χ3v) is 4.64. The summed E-state index contributed by atoms with van der Waals surface area (Å²) < 4.78 is 46.9. The molecule has 1 aromatic carbocycles. The van der Waals surface area contributed by atoms with Gasteiger partial charge in [-0.25, -0.2) is 0 Å². The van der Waals surface area contributed by atoms with Crippen LogP contribution in [0.15, 0.2) is 53.5 Å². The minimum Gasteiger partial charge on any atom is -0.484 e. The van der Waals surface area contributed by atoms with Crippen molar-refractivity contribution in [2.75, 3.05) is 13.2 Å². The third kappa shape index (κ3) is 5.62. The summed E-state index contributed by atoms with van der Waals surface area (Å²) in [6, 6.07) is 10.1. The lowest BCUT2D eigenvalue weighted by Crippen LogP contribution is -2.30. The molecule has 6 nitrogen and oxygen atoms in total. The van der Waals surface area contributed by atoms with E-state index in [-0.39, 0.29) is 35.7 Å². The van der Waals surface area contributed by atoms with E-state index in [0.29, 0.717) is 25.5 Å². The first kappa shape index (κ1) is 22.3. The zero-order valence-electron chi connectivity index (χ0n) is 16.9. The molecule has 0 spiro atoms. The zero-order valence-corrected chi connectivity index (χ0v) is 16.9. The summed E-state index contributed by atoms with van der Waals surface area (Å²) in [6.45, 7) is 2.17. The molecule has 1 N–H and O–H groups in total. The van der Waals surface area contributed by atoms with Crippen LogP contribution >= 0.6 is 0 Å². The third-order valence-electron chi connectivity index (χ3n) is 4.64. The van der Waals surface area contributed by atoms with E-state index in [1.54, 1.807) is 12.3 Å². The maximum atomic E-state index is 13.4. The monoisotopic (exact) mass is 433 g/mol. The standard InChI is InChI=1S/C22H22F3N3O3/c1-2-11-28-19-12-16(6-7-17(19)18(13-21(28)30)22(23,24)25)31-14-20(29)27-10-8-15-5-3-4-9-26-15/h3-7,9,12-13H,2,8,10-11,14H2,1H3,(H,27,29). The molecule has 0 aliphatic heterocycles. The molecule has 0 saturated heterocycles. The van der Waals surface area contributed by atoms with E-state index in [9.17, 15) is 22.8 Å². The molecule has 0 aliphatic rings. The Morgan fingerprint density at radius 2 is 2.00 bits per heavy atom. The topological polar surface area (TPSA) is 73.2 Å². The number of nitrogens with one attached hydrogen (secondary N) is 1. The van der Waals surface area contributed by atoms with Crippen LogP contribution in [0.1, 0.15) is 24.6 Å². The fourth-order valence-corrected chi connectivity index (χ4v) is 3.21. The predicted octanol–water partition coefficient (Wildman–Crippen LogP) is 3.56. The number of nitrogens with zero attached hydrogens (tertiary/aromatic N) is 2. The number of benzene rings is 1. The van der Waals surface area contributed by atoms with Crippen LogP contribution in [0.3, 0.4) is 0 Å². The van der Waals surface area contributed by atoms with E-state index < -0.39 is 17.3 Å². The second kappa shape index (κ2) is 9.63. The first-order chi connectivity index (χ1) is 14.8. The average molecular weight is 433 g/mol. The van der Waals surface area contributed by atoms with E-state index in [2.05, 4.69) is 10.3 Å². The number of fused-ring (bicyclic) bond motifs is 1. The molecule has 0 fully saturated rings. The maximum Gasteiger partial charge on any atom is 0.417 e. The molecule has 0 unspecified atom stereocenters. The van der Waals surface area contributed by atoms with Crippen molar-refractivity contribution in [3.63, 3.8) is 0 Å². The largest absolute Gasteiger partial charge is 0.484 e. The van der Waals surface area contributed by atoms with Crippen LogP contribution in [0.2, 0.25) is 0 Å². The molecule has 31 heavy (non-hydrogen) atoms. The number of carbonyl (C=O) groups excluding carboxylic acids is 1. The van der Waals surface area contributed by atoms with Crippen LogP contribution in [0.25, 0.3) is 10.9 Å². The molecule has 1 amide bonds. The van der Waals surface area contributed by atoms with Gasteiger partial charge in [-0.2, -0.15) is 13.2 Å². The summed E-state index contributed by atoms with van der Waals surface area (Å²) in [5.74, 6) is -0.165. The van der Waals surface area contributed by atoms with Crippen molar-refractivity contribution in [3.05, 3.63) is 70.3 Å². The summed E-state index contributed by atoms with van der Waals surface area (Å²) >= 11 is 0. The number of halogens is 3. The summed E-state index contributed by atoms with van der Waals surface area (Å²) in [5.41, 5.74) is -0.757. The second-order valence-electron chi connectivity index (χ2n) is 6.93. The molecule has 0 aliphatic carbocycles. The zero-order chi connectivity index (χ0) is 22.4. The van der Waals surface area contributed by atoms with Gasteiger partial charge in [-0.15, -0.1) is 0 Å². The highest BCUT2D eigenvalue weighted by Crippen LogP contribution is 2.35. The van der Waals surface area contributed by atoms with Crippen molar-refractivity contribution in [2.24, 2.45) is 0 Å². The Labute approximate surface area is 176 Å². The number of alkyl halides is 3. The van der Waals surface area contributed by atoms with Crippen LogP contribution < -0.4 is 15.6 Å². The normalized spacial score (nSPS) is 11.5. The summed E-state index contributed by atoms with van der Waals surface area (Å²) in [6.07, 6.45) is -1.85. The van der Waals surface area contributed by atoms with Gasteiger partial charge in [-0.1, -0.05) is 13.0 Å². The minimum atomic E-state index is -4.65. The summed E-state index contributed by atoms with van der Waals surface area (Å²) in [4.78, 5) is 28.4. The first-order valence-corrected chi connectivity index (χ1v) is 9.84. The van der Waals surface area contributed by atoms with Crippen LogP contribution in [0.5, 0.6) is 5.75 Å². The Morgan fingerprint density at radius 1 is 1.19 bits per heavy atom. The highest BCUT2D eigenvalue weighted by molar-refractivity contribution is 5.84. The molecule has 3 rings (SSSR count). The van der Waals surface area contributed by atoms with E-state index in [1.807, 2.05) is 19.1 Å². The van der Waals surface area contributed by atoms with E-state index >= 15 is 0 Å².